The van der Waals surface area contributed by atoms with Crippen LogP contribution >= 0.6 is 0 Å². The number of hydrogen-bond acceptors (Lipinski definition) is 19. The Morgan fingerprint density at radius 1 is 0.697 bits per heavy atom. The van der Waals surface area contributed by atoms with Crippen LogP contribution in [0.1, 0.15) is 119 Å². The summed E-state index contributed by atoms with van der Waals surface area (Å²) in [5.41, 5.74) is 16.4. The second-order valence-corrected chi connectivity index (χ2v) is 23.5. The number of primary amides is 1. The normalized spacial score (nSPS) is 26.1. The van der Waals surface area contributed by atoms with E-state index < -0.39 is 181 Å². The topological polar surface area (TPSA) is 518 Å². The van der Waals surface area contributed by atoms with Crippen LogP contribution in [0.15, 0.2) is 35.3 Å². The Balaban J connectivity index is 2.39. The van der Waals surface area contributed by atoms with Crippen molar-refractivity contribution in [1.82, 2.24) is 58.5 Å². The summed E-state index contributed by atoms with van der Waals surface area (Å²) in [5.74, 6) is -16.7. The van der Waals surface area contributed by atoms with Gasteiger partial charge in [0.1, 0.15) is 48.3 Å². The van der Waals surface area contributed by atoms with Gasteiger partial charge in [-0.05, 0) is 81.2 Å². The summed E-state index contributed by atoms with van der Waals surface area (Å²) in [6, 6.07) is -10.1. The maximum Gasteiger partial charge on any atom is 0.331 e. The number of rotatable bonds is 21. The molecule has 32 heteroatoms. The van der Waals surface area contributed by atoms with E-state index in [1.807, 2.05) is 10.6 Å². The number of aliphatic hydroxyl groups excluding tert-OH is 4. The third kappa shape index (κ3) is 23.8. The Labute approximate surface area is 516 Å². The fourth-order valence-corrected chi connectivity index (χ4v) is 9.54. The second kappa shape index (κ2) is 36.4. The van der Waals surface area contributed by atoms with Crippen LogP contribution in [0.3, 0.4) is 0 Å². The van der Waals surface area contributed by atoms with E-state index in [0.717, 1.165) is 6.92 Å². The van der Waals surface area contributed by atoms with Crippen LogP contribution in [-0.4, -0.2) is 202 Å². The first-order chi connectivity index (χ1) is 41.8. The minimum atomic E-state index is -2.57. The molecule has 15 atom stereocenters. The average Bonchev–Trinajstić information content (AvgIpc) is 2.92. The van der Waals surface area contributed by atoms with Gasteiger partial charge < -0.3 is 101 Å². The number of amides is 11. The van der Waals surface area contributed by atoms with Crippen molar-refractivity contribution < 1.29 is 82.7 Å². The maximum atomic E-state index is 15.3. The summed E-state index contributed by atoms with van der Waals surface area (Å²) in [4.78, 5) is 174. The molecule has 498 valence electrons. The van der Waals surface area contributed by atoms with E-state index in [1.165, 1.54) is 44.2 Å². The molecule has 2 saturated heterocycles. The number of guanidine groups is 1. The van der Waals surface area contributed by atoms with E-state index in [0.29, 0.717) is 19.4 Å². The summed E-state index contributed by atoms with van der Waals surface area (Å²) < 4.78 is 5.93. The van der Waals surface area contributed by atoms with Crippen LogP contribution < -0.4 is 75.7 Å². The molecule has 0 saturated carbocycles. The van der Waals surface area contributed by atoms with Gasteiger partial charge >= 0.3 is 5.97 Å². The Hall–Kier alpha value is -8.07. The van der Waals surface area contributed by atoms with Crippen molar-refractivity contribution in [2.24, 2.45) is 45.9 Å². The SMILES string of the molecule is CC[C@H](C)C1NC(=O)[C@@H](CCCN=C(N)N)NC(=O)[C@H](CC(C)C)NC(=O)[C@H]([C@H](O)C(C)C)NC(=O)[C@@H](NC(=O)[C@H](CC(C)C)NC(=O)[C@@H]2CCCN2)[C@@H](c2ccccc2)OC(=O)[C@H](CO)NC(=O)[C@H]([C@H](O)C(N)=O)NC(=O)CNC(=O)C([C@H](C)O)NC1=O. The van der Waals surface area contributed by atoms with Gasteiger partial charge in [-0.2, -0.15) is 0 Å². The first-order valence-electron chi connectivity index (χ1n) is 29.8. The lowest BCUT2D eigenvalue weighted by molar-refractivity contribution is -0.159. The van der Waals surface area contributed by atoms with Crippen molar-refractivity contribution in [1.29, 1.82) is 0 Å². The van der Waals surface area contributed by atoms with Crippen molar-refractivity contribution >= 4 is 76.9 Å². The van der Waals surface area contributed by atoms with Crippen molar-refractivity contribution in [2.45, 2.75) is 192 Å². The fraction of sp³-hybridized carbons (Fsp3) is 0.667. The predicted molar refractivity (Wildman–Crippen MR) is 320 cm³/mol. The molecule has 2 fully saturated rings. The highest BCUT2D eigenvalue weighted by Gasteiger charge is 2.44. The number of carbonyl (C=O) groups excluding carboxylic acids is 12. The third-order valence-corrected chi connectivity index (χ3v) is 14.8. The minimum Gasteiger partial charge on any atom is -0.453 e. The van der Waals surface area contributed by atoms with Crippen molar-refractivity contribution in [3.05, 3.63) is 35.9 Å². The molecule has 89 heavy (non-hydrogen) atoms. The molecule has 21 N–H and O–H groups in total. The van der Waals surface area contributed by atoms with Gasteiger partial charge in [-0.25, -0.2) is 4.79 Å². The number of aliphatic imine (C=N–C) groups is 1. The molecule has 2 aliphatic rings. The number of esters is 1. The molecule has 0 spiro atoms. The zero-order valence-corrected chi connectivity index (χ0v) is 51.8. The van der Waals surface area contributed by atoms with E-state index in [-0.39, 0.29) is 62.0 Å². The molecule has 0 aliphatic carbocycles. The summed E-state index contributed by atoms with van der Waals surface area (Å²) >= 11 is 0. The van der Waals surface area contributed by atoms with Crippen LogP contribution in [0.2, 0.25) is 0 Å². The third-order valence-electron chi connectivity index (χ3n) is 14.8. The molecule has 32 nitrogen and oxygen atoms in total. The van der Waals surface area contributed by atoms with Crippen LogP contribution in [0.4, 0.5) is 0 Å². The van der Waals surface area contributed by atoms with Crippen LogP contribution in [0.25, 0.3) is 0 Å². The van der Waals surface area contributed by atoms with E-state index in [4.69, 9.17) is 21.9 Å². The van der Waals surface area contributed by atoms with Crippen LogP contribution in [0.5, 0.6) is 0 Å². The number of hydrogen-bond donors (Lipinski definition) is 18. The number of nitrogens with one attached hydrogen (secondary N) is 11. The monoisotopic (exact) mass is 1260 g/mol. The molecule has 11 amide bonds. The van der Waals surface area contributed by atoms with Crippen molar-refractivity contribution in [3.8, 4) is 0 Å². The first kappa shape index (κ1) is 75.2. The van der Waals surface area contributed by atoms with Gasteiger partial charge in [0.2, 0.25) is 65.0 Å². The molecule has 0 aromatic heterocycles. The lowest BCUT2D eigenvalue weighted by Crippen LogP contribution is -2.64. The Morgan fingerprint density at radius 2 is 1.28 bits per heavy atom. The van der Waals surface area contributed by atoms with Gasteiger partial charge in [0.25, 0.3) is 0 Å². The number of aliphatic hydroxyl groups is 4. The Morgan fingerprint density at radius 3 is 1.83 bits per heavy atom. The number of nitrogens with zero attached hydrogens (tertiary/aromatic N) is 1. The van der Waals surface area contributed by atoms with Gasteiger partial charge in [-0.1, -0.05) is 92.1 Å². The second-order valence-electron chi connectivity index (χ2n) is 23.5. The minimum absolute atomic E-state index is 0.0143. The Kier molecular flexibility index (Phi) is 30.8. The van der Waals surface area contributed by atoms with Crippen molar-refractivity contribution in [3.63, 3.8) is 0 Å². The van der Waals surface area contributed by atoms with E-state index in [2.05, 4.69) is 52.8 Å². The lowest BCUT2D eigenvalue weighted by atomic mass is 9.95. The number of benzene rings is 1. The van der Waals surface area contributed by atoms with Gasteiger partial charge in [0, 0.05) is 6.54 Å². The summed E-state index contributed by atoms with van der Waals surface area (Å²) in [6.07, 6.45) is -7.01. The molecule has 2 heterocycles. The smallest absolute Gasteiger partial charge is 0.331 e. The molecule has 3 rings (SSSR count). The first-order valence-corrected chi connectivity index (χ1v) is 29.8. The van der Waals surface area contributed by atoms with Gasteiger partial charge in [0.05, 0.1) is 31.4 Å². The van der Waals surface area contributed by atoms with E-state index >= 15 is 4.79 Å². The van der Waals surface area contributed by atoms with Gasteiger partial charge in [0.15, 0.2) is 24.2 Å². The van der Waals surface area contributed by atoms with E-state index in [1.54, 1.807) is 41.5 Å². The van der Waals surface area contributed by atoms with Gasteiger partial charge in [-0.15, -0.1) is 0 Å². The summed E-state index contributed by atoms with van der Waals surface area (Å²) in [7, 11) is 0. The molecule has 0 radical (unpaired) electrons. The molecular formula is C57H93N15O17. The quantitative estimate of drug-likeness (QED) is 0.0236. The van der Waals surface area contributed by atoms with E-state index in [9.17, 15) is 73.2 Å². The highest BCUT2D eigenvalue weighted by Crippen LogP contribution is 2.25. The van der Waals surface area contributed by atoms with Crippen molar-refractivity contribution in [2.75, 3.05) is 26.2 Å². The Bertz CT molecular complexity index is 2640. The molecule has 2 unspecified atom stereocenters. The molecular weight excluding hydrogens is 1170 g/mol. The summed E-state index contributed by atoms with van der Waals surface area (Å²) in [6.45, 7) is 12.4. The predicted octanol–water partition coefficient (Wildman–Crippen LogP) is -6.06. The largest absolute Gasteiger partial charge is 0.453 e. The van der Waals surface area contributed by atoms with Crippen LogP contribution in [0, 0.1) is 23.7 Å². The highest BCUT2D eigenvalue weighted by molar-refractivity contribution is 6.00. The zero-order chi connectivity index (χ0) is 67.0. The molecule has 1 aromatic rings. The number of carbonyl (C=O) groups is 12. The average molecular weight is 1260 g/mol. The number of cyclic esters (lactones) is 1. The standard InChI is InChI=1S/C57H93N15O17/c1-10-29(8)38-52(84)70-39(30(9)74)51(83)63-24-37(75)68-41(44(77)46(58)78)54(86)67-36(25-73)56(88)89-45(31-16-12-11-13-17-31)42(72-50(82)35(23-27(4)5)65-47(79)32-18-14-20-61-32)55(87)71-40(43(76)28(6)7)53(85)66-34(22-26(2)3)49(81)64-33(48(80)69-38)19-15-21-62-57(59)60/h11-13,16-17,26-30,32-36,38-45,61,73-74,76-77H,10,14-15,18-25H2,1-9H3,(H2,58,78)(H,63,83)(H,64,81)(H,65,79)(H,66,85)(H,67,86)(H,68,75)(H,69,80)(H,70,84)(H,71,87)(H,72,82)(H4,59,60,62)/t29-,30-,32-,33+,34-,35-,36-,38?,39?,40-,41-,42-,43+,44-,45+/m0/s1. The lowest BCUT2D eigenvalue weighted by Gasteiger charge is -2.33. The van der Waals surface area contributed by atoms with Crippen LogP contribution in [-0.2, 0) is 62.3 Å². The molecule has 0 bridgehead atoms. The van der Waals surface area contributed by atoms with Gasteiger partial charge in [-0.3, -0.25) is 57.7 Å². The molecule has 1 aromatic carbocycles. The number of nitrogens with two attached hydrogens (primary N) is 3. The maximum absolute atomic E-state index is 15.3. The highest BCUT2D eigenvalue weighted by atomic mass is 16.5. The fourth-order valence-electron chi connectivity index (χ4n) is 9.54. The zero-order valence-electron chi connectivity index (χ0n) is 51.8. The molecule has 2 aliphatic heterocycles. The summed E-state index contributed by atoms with van der Waals surface area (Å²) in [5, 5.41) is 71.3. The number of ether oxygens (including phenoxy) is 1.